The van der Waals surface area contributed by atoms with E-state index in [0.29, 0.717) is 31.1 Å². The first kappa shape index (κ1) is 17.5. The number of carbonyl (C=O) groups excluding carboxylic acids is 1. The smallest absolute Gasteiger partial charge is 0.255 e. The molecule has 6 heteroatoms. The molecule has 0 atom stereocenters. The second-order valence-corrected chi connectivity index (χ2v) is 6.46. The third-order valence-corrected chi connectivity index (χ3v) is 4.59. The maximum absolute atomic E-state index is 12.6. The van der Waals surface area contributed by atoms with Crippen LogP contribution in [0.25, 0.3) is 0 Å². The Bertz CT molecular complexity index is 741. The van der Waals surface area contributed by atoms with Gasteiger partial charge < -0.3 is 14.5 Å². The summed E-state index contributed by atoms with van der Waals surface area (Å²) in [5.74, 6) is 0.554. The minimum atomic E-state index is 0.0121. The van der Waals surface area contributed by atoms with Crippen LogP contribution >= 0.6 is 11.6 Å². The van der Waals surface area contributed by atoms with Gasteiger partial charge >= 0.3 is 0 Å². The van der Waals surface area contributed by atoms with Crippen molar-refractivity contribution >= 4 is 23.2 Å². The highest BCUT2D eigenvalue weighted by Gasteiger charge is 2.23. The molecular weight excluding hydrogens is 338 g/mol. The summed E-state index contributed by atoms with van der Waals surface area (Å²) < 4.78 is 5.32. The van der Waals surface area contributed by atoms with Crippen molar-refractivity contribution in [3.05, 3.63) is 52.7 Å². The number of aryl methyl sites for hydroxylation is 1. The van der Waals surface area contributed by atoms with Crippen LogP contribution in [0.15, 0.2) is 36.5 Å². The lowest BCUT2D eigenvalue weighted by molar-refractivity contribution is 0.0746. The minimum absolute atomic E-state index is 0.0121. The highest BCUT2D eigenvalue weighted by atomic mass is 35.5. The van der Waals surface area contributed by atoms with E-state index in [1.807, 2.05) is 30.0 Å². The van der Waals surface area contributed by atoms with Gasteiger partial charge in [0.1, 0.15) is 0 Å². The molecule has 1 aromatic heterocycles. The fourth-order valence-corrected chi connectivity index (χ4v) is 3.16. The third-order valence-electron chi connectivity index (χ3n) is 4.35. The van der Waals surface area contributed by atoms with Gasteiger partial charge in [-0.1, -0.05) is 17.7 Å². The van der Waals surface area contributed by atoms with Crippen LogP contribution in [-0.2, 0) is 0 Å². The van der Waals surface area contributed by atoms with Crippen molar-refractivity contribution in [1.29, 1.82) is 0 Å². The Morgan fingerprint density at radius 3 is 2.60 bits per heavy atom. The van der Waals surface area contributed by atoms with Crippen LogP contribution in [0.5, 0.6) is 5.88 Å². The zero-order valence-corrected chi connectivity index (χ0v) is 15.3. The molecule has 0 saturated carbocycles. The predicted octanol–water partition coefficient (Wildman–Crippen LogP) is 3.40. The standard InChI is InChI=1S/C19H22ClN3O2/c1-3-25-18-7-5-15(13-21-18)19(24)23-10-8-22(9-11-23)17-12-16(20)6-4-14(17)2/h4-7,12-13H,3,8-11H2,1-2H3. The molecule has 1 aliphatic rings. The first-order chi connectivity index (χ1) is 12.1. The van der Waals surface area contributed by atoms with Gasteiger partial charge in [-0.05, 0) is 37.6 Å². The van der Waals surface area contributed by atoms with Crippen molar-refractivity contribution in [2.75, 3.05) is 37.7 Å². The van der Waals surface area contributed by atoms with E-state index in [1.165, 1.54) is 5.56 Å². The number of hydrogen-bond acceptors (Lipinski definition) is 4. The molecule has 1 amide bonds. The normalized spacial score (nSPS) is 14.5. The van der Waals surface area contributed by atoms with E-state index >= 15 is 0 Å². The lowest BCUT2D eigenvalue weighted by Crippen LogP contribution is -2.49. The van der Waals surface area contributed by atoms with Gasteiger partial charge in [-0.15, -0.1) is 0 Å². The van der Waals surface area contributed by atoms with Crippen molar-refractivity contribution in [3.8, 4) is 5.88 Å². The van der Waals surface area contributed by atoms with Gasteiger partial charge in [-0.3, -0.25) is 4.79 Å². The number of rotatable bonds is 4. The highest BCUT2D eigenvalue weighted by Crippen LogP contribution is 2.25. The number of nitrogens with zero attached hydrogens (tertiary/aromatic N) is 3. The van der Waals surface area contributed by atoms with E-state index in [4.69, 9.17) is 16.3 Å². The molecule has 0 bridgehead atoms. The number of amides is 1. The Morgan fingerprint density at radius 1 is 1.20 bits per heavy atom. The van der Waals surface area contributed by atoms with Gasteiger partial charge in [-0.25, -0.2) is 4.98 Å². The number of ether oxygens (including phenoxy) is 1. The van der Waals surface area contributed by atoms with Crippen molar-refractivity contribution in [1.82, 2.24) is 9.88 Å². The molecule has 132 valence electrons. The third kappa shape index (κ3) is 4.04. The molecular formula is C19H22ClN3O2. The van der Waals surface area contributed by atoms with Crippen LogP contribution in [0.2, 0.25) is 5.02 Å². The van der Waals surface area contributed by atoms with Crippen LogP contribution in [0.1, 0.15) is 22.8 Å². The molecule has 0 radical (unpaired) electrons. The van der Waals surface area contributed by atoms with Crippen LogP contribution in [0.4, 0.5) is 5.69 Å². The molecule has 1 aromatic carbocycles. The van der Waals surface area contributed by atoms with E-state index in [0.717, 1.165) is 23.8 Å². The van der Waals surface area contributed by atoms with Gasteiger partial charge in [0.25, 0.3) is 5.91 Å². The molecule has 1 aliphatic heterocycles. The number of aromatic nitrogens is 1. The summed E-state index contributed by atoms with van der Waals surface area (Å²) in [6, 6.07) is 9.43. The van der Waals surface area contributed by atoms with Crippen molar-refractivity contribution in [2.45, 2.75) is 13.8 Å². The van der Waals surface area contributed by atoms with Gasteiger partial charge in [0.15, 0.2) is 0 Å². The molecule has 25 heavy (non-hydrogen) atoms. The lowest BCUT2D eigenvalue weighted by Gasteiger charge is -2.36. The molecule has 5 nitrogen and oxygen atoms in total. The minimum Gasteiger partial charge on any atom is -0.478 e. The van der Waals surface area contributed by atoms with E-state index < -0.39 is 0 Å². The van der Waals surface area contributed by atoms with Crippen LogP contribution in [0.3, 0.4) is 0 Å². The van der Waals surface area contributed by atoms with E-state index in [2.05, 4.69) is 16.8 Å². The fourth-order valence-electron chi connectivity index (χ4n) is 3.00. The Morgan fingerprint density at radius 2 is 1.96 bits per heavy atom. The first-order valence-electron chi connectivity index (χ1n) is 8.47. The zero-order valence-electron chi connectivity index (χ0n) is 14.5. The summed E-state index contributed by atoms with van der Waals surface area (Å²) in [6.45, 7) is 7.48. The summed E-state index contributed by atoms with van der Waals surface area (Å²) in [6.07, 6.45) is 1.58. The maximum atomic E-state index is 12.6. The number of halogens is 1. The van der Waals surface area contributed by atoms with Crippen LogP contribution < -0.4 is 9.64 Å². The molecule has 0 spiro atoms. The monoisotopic (exact) mass is 359 g/mol. The number of piperazine rings is 1. The quantitative estimate of drug-likeness (QED) is 0.839. The Hall–Kier alpha value is -2.27. The zero-order chi connectivity index (χ0) is 17.8. The molecule has 2 aromatic rings. The number of anilines is 1. The fraction of sp³-hybridized carbons (Fsp3) is 0.368. The van der Waals surface area contributed by atoms with E-state index in [1.54, 1.807) is 18.3 Å². The second kappa shape index (κ2) is 7.74. The van der Waals surface area contributed by atoms with Gasteiger partial charge in [0, 0.05) is 49.2 Å². The molecule has 0 N–H and O–H groups in total. The average molecular weight is 360 g/mol. The van der Waals surface area contributed by atoms with Crippen molar-refractivity contribution < 1.29 is 9.53 Å². The van der Waals surface area contributed by atoms with Gasteiger partial charge in [0.05, 0.1) is 12.2 Å². The summed E-state index contributed by atoms with van der Waals surface area (Å²) >= 11 is 6.12. The average Bonchev–Trinajstić information content (AvgIpc) is 2.64. The Labute approximate surface area is 153 Å². The number of pyridine rings is 1. The molecule has 2 heterocycles. The largest absolute Gasteiger partial charge is 0.478 e. The molecule has 0 aliphatic carbocycles. The first-order valence-corrected chi connectivity index (χ1v) is 8.85. The van der Waals surface area contributed by atoms with E-state index in [9.17, 15) is 4.79 Å². The second-order valence-electron chi connectivity index (χ2n) is 6.03. The molecule has 1 saturated heterocycles. The Balaban J connectivity index is 1.63. The van der Waals surface area contributed by atoms with Gasteiger partial charge in [-0.2, -0.15) is 0 Å². The lowest BCUT2D eigenvalue weighted by atomic mass is 10.1. The van der Waals surface area contributed by atoms with Crippen LogP contribution in [-0.4, -0.2) is 48.6 Å². The van der Waals surface area contributed by atoms with Gasteiger partial charge in [0.2, 0.25) is 5.88 Å². The number of carbonyl (C=O) groups is 1. The Kier molecular flexibility index (Phi) is 5.43. The van der Waals surface area contributed by atoms with Crippen molar-refractivity contribution in [3.63, 3.8) is 0 Å². The molecule has 3 rings (SSSR count). The number of benzene rings is 1. The summed E-state index contributed by atoms with van der Waals surface area (Å²) in [5, 5.41) is 0.736. The number of hydrogen-bond donors (Lipinski definition) is 0. The summed E-state index contributed by atoms with van der Waals surface area (Å²) in [7, 11) is 0. The summed E-state index contributed by atoms with van der Waals surface area (Å²) in [5.41, 5.74) is 2.93. The van der Waals surface area contributed by atoms with E-state index in [-0.39, 0.29) is 5.91 Å². The SMILES string of the molecule is CCOc1ccc(C(=O)N2CCN(c3cc(Cl)ccc3C)CC2)cn1. The topological polar surface area (TPSA) is 45.7 Å². The highest BCUT2D eigenvalue weighted by molar-refractivity contribution is 6.30. The predicted molar refractivity (Wildman–Crippen MR) is 99.7 cm³/mol. The summed E-state index contributed by atoms with van der Waals surface area (Å²) in [4.78, 5) is 21.0. The van der Waals surface area contributed by atoms with Crippen molar-refractivity contribution in [2.24, 2.45) is 0 Å². The molecule has 0 unspecified atom stereocenters. The maximum Gasteiger partial charge on any atom is 0.255 e. The molecule has 1 fully saturated rings. The van der Waals surface area contributed by atoms with Crippen LogP contribution in [0, 0.1) is 6.92 Å².